The highest BCUT2D eigenvalue weighted by atomic mass is 32.1. The van der Waals surface area contributed by atoms with Crippen LogP contribution in [0.4, 0.5) is 5.13 Å². The van der Waals surface area contributed by atoms with Gasteiger partial charge in [-0.3, -0.25) is 9.69 Å². The van der Waals surface area contributed by atoms with Gasteiger partial charge in [0.1, 0.15) is 12.2 Å². The second-order valence-electron chi connectivity index (χ2n) is 7.21. The number of likely N-dealkylation sites (tertiary alicyclic amines) is 1. The van der Waals surface area contributed by atoms with Crippen molar-refractivity contribution in [3.8, 4) is 11.8 Å². The molecule has 1 aliphatic rings. The molecule has 1 aliphatic heterocycles. The highest BCUT2D eigenvalue weighted by molar-refractivity contribution is 7.15. The van der Waals surface area contributed by atoms with E-state index >= 15 is 0 Å². The summed E-state index contributed by atoms with van der Waals surface area (Å²) in [6.07, 6.45) is 2.66. The average Bonchev–Trinajstić information content (AvgIpc) is 3.27. The zero-order valence-corrected chi connectivity index (χ0v) is 17.1. The van der Waals surface area contributed by atoms with Crippen LogP contribution in [0.25, 0.3) is 10.9 Å². The van der Waals surface area contributed by atoms with Crippen molar-refractivity contribution < 1.29 is 9.53 Å². The molecule has 0 aliphatic carbocycles. The summed E-state index contributed by atoms with van der Waals surface area (Å²) < 4.78 is 6.21. The Morgan fingerprint density at radius 2 is 2.28 bits per heavy atom. The Hall–Kier alpha value is -3.02. The highest BCUT2D eigenvalue weighted by Crippen LogP contribution is 2.29. The zero-order valence-electron chi connectivity index (χ0n) is 16.3. The number of nitrogens with zero attached hydrogens (tertiary/aromatic N) is 4. The van der Waals surface area contributed by atoms with Crippen LogP contribution < -0.4 is 10.1 Å². The number of hydrogen-bond acceptors (Lipinski definition) is 7. The third kappa shape index (κ3) is 4.36. The molecule has 2 aromatic heterocycles. The molecular weight excluding hydrogens is 386 g/mol. The first-order valence-corrected chi connectivity index (χ1v) is 10.3. The van der Waals surface area contributed by atoms with Crippen LogP contribution in [0.1, 0.15) is 30.8 Å². The minimum Gasteiger partial charge on any atom is -0.486 e. The van der Waals surface area contributed by atoms with Crippen molar-refractivity contribution in [3.63, 3.8) is 0 Å². The van der Waals surface area contributed by atoms with E-state index in [1.807, 2.05) is 30.3 Å². The Morgan fingerprint density at radius 3 is 3.07 bits per heavy atom. The van der Waals surface area contributed by atoms with Crippen LogP contribution in [0, 0.1) is 11.3 Å². The minimum atomic E-state index is -0.119. The van der Waals surface area contributed by atoms with Crippen LogP contribution >= 0.6 is 11.3 Å². The molecule has 2 atom stereocenters. The van der Waals surface area contributed by atoms with Crippen LogP contribution in [0.5, 0.6) is 5.75 Å². The van der Waals surface area contributed by atoms with Crippen molar-refractivity contribution in [1.82, 2.24) is 14.9 Å². The van der Waals surface area contributed by atoms with Gasteiger partial charge in [0.25, 0.3) is 0 Å². The van der Waals surface area contributed by atoms with Crippen molar-refractivity contribution in [2.75, 3.05) is 11.9 Å². The fraction of sp³-hybridized carbons (Fsp3) is 0.333. The Kier molecular flexibility index (Phi) is 5.43. The fourth-order valence-corrected chi connectivity index (χ4v) is 4.47. The molecule has 1 fully saturated rings. The molecule has 0 bridgehead atoms. The lowest BCUT2D eigenvalue weighted by Gasteiger charge is -2.19. The minimum absolute atomic E-state index is 0.0113. The van der Waals surface area contributed by atoms with E-state index in [-0.39, 0.29) is 12.0 Å². The van der Waals surface area contributed by atoms with E-state index in [0.717, 1.165) is 35.3 Å². The Morgan fingerprint density at radius 1 is 1.45 bits per heavy atom. The first-order valence-electron chi connectivity index (χ1n) is 9.44. The second-order valence-corrected chi connectivity index (χ2v) is 8.32. The van der Waals surface area contributed by atoms with Gasteiger partial charge in [-0.25, -0.2) is 9.97 Å². The molecule has 0 radical (unpaired) electrons. The topological polar surface area (TPSA) is 91.1 Å². The van der Waals surface area contributed by atoms with Crippen LogP contribution in [0.2, 0.25) is 0 Å². The van der Waals surface area contributed by atoms with Gasteiger partial charge in [0.2, 0.25) is 5.91 Å². The van der Waals surface area contributed by atoms with Crippen LogP contribution in [0.15, 0.2) is 36.5 Å². The molecular formula is C21H21N5O2S. The smallest absolute Gasteiger partial charge is 0.223 e. The number of thiazole rings is 1. The van der Waals surface area contributed by atoms with E-state index < -0.39 is 0 Å². The molecule has 7 nitrogen and oxygen atoms in total. The number of pyridine rings is 1. The van der Waals surface area contributed by atoms with E-state index in [0.29, 0.717) is 22.6 Å². The first-order chi connectivity index (χ1) is 14.0. The summed E-state index contributed by atoms with van der Waals surface area (Å²) in [4.78, 5) is 23.3. The van der Waals surface area contributed by atoms with Crippen molar-refractivity contribution >= 4 is 33.3 Å². The van der Waals surface area contributed by atoms with Crippen molar-refractivity contribution in [1.29, 1.82) is 5.26 Å². The number of anilines is 1. The second kappa shape index (κ2) is 8.15. The number of hydrogen-bond donors (Lipinski definition) is 1. The number of amides is 1. The standard InChI is InChI=1S/C21H21N5O2S/c1-13-7-16(11-26(13)12-17-10-23-21(29-17)24-14(2)27)28-20-8-15-5-3-4-6-18(15)25-19(20)9-22/h3-6,8,10,13,16H,7,11-12H2,1-2H3,(H,23,24,27)/t13-,16+/m0/s1. The number of aromatic nitrogens is 2. The maximum Gasteiger partial charge on any atom is 0.223 e. The summed E-state index contributed by atoms with van der Waals surface area (Å²) in [5, 5.41) is 13.8. The SMILES string of the molecule is CC(=O)Nc1ncc(CN2C[C@H](Oc3cc4ccccc4nc3C#N)C[C@@H]2C)s1. The number of rotatable bonds is 5. The van der Waals surface area contributed by atoms with E-state index in [4.69, 9.17) is 4.74 Å². The normalized spacial score (nSPS) is 19.2. The van der Waals surface area contributed by atoms with Gasteiger partial charge in [0, 0.05) is 48.9 Å². The number of nitrogens with one attached hydrogen (secondary N) is 1. The average molecular weight is 407 g/mol. The van der Waals surface area contributed by atoms with E-state index in [9.17, 15) is 10.1 Å². The summed E-state index contributed by atoms with van der Waals surface area (Å²) in [6.45, 7) is 5.15. The lowest BCUT2D eigenvalue weighted by molar-refractivity contribution is -0.114. The molecule has 1 saturated heterocycles. The van der Waals surface area contributed by atoms with Crippen LogP contribution in [-0.2, 0) is 11.3 Å². The van der Waals surface area contributed by atoms with Gasteiger partial charge in [-0.15, -0.1) is 11.3 Å². The molecule has 148 valence electrons. The maximum absolute atomic E-state index is 11.2. The summed E-state index contributed by atoms with van der Waals surface area (Å²) >= 11 is 1.48. The predicted octanol–water partition coefficient (Wildman–Crippen LogP) is 3.56. The molecule has 3 aromatic rings. The molecule has 0 spiro atoms. The fourth-order valence-electron chi connectivity index (χ4n) is 3.59. The van der Waals surface area contributed by atoms with E-state index in [1.54, 1.807) is 6.20 Å². The molecule has 0 unspecified atom stereocenters. The third-order valence-electron chi connectivity index (χ3n) is 4.95. The lowest BCUT2D eigenvalue weighted by Crippen LogP contribution is -2.27. The van der Waals surface area contributed by atoms with E-state index in [1.165, 1.54) is 18.3 Å². The van der Waals surface area contributed by atoms with Gasteiger partial charge in [0.05, 0.1) is 5.52 Å². The number of carbonyl (C=O) groups excluding carboxylic acids is 1. The molecule has 8 heteroatoms. The molecule has 1 amide bonds. The number of para-hydroxylation sites is 1. The van der Waals surface area contributed by atoms with E-state index in [2.05, 4.69) is 33.2 Å². The maximum atomic E-state index is 11.2. The number of nitriles is 1. The monoisotopic (exact) mass is 407 g/mol. The van der Waals surface area contributed by atoms with Gasteiger partial charge in [-0.05, 0) is 19.1 Å². The summed E-state index contributed by atoms with van der Waals surface area (Å²) in [7, 11) is 0. The van der Waals surface area contributed by atoms with Crippen LogP contribution in [0.3, 0.4) is 0 Å². The quantitative estimate of drug-likeness (QED) is 0.695. The molecule has 1 aromatic carbocycles. The molecule has 4 rings (SSSR count). The van der Waals surface area contributed by atoms with Crippen molar-refractivity contribution in [2.24, 2.45) is 0 Å². The molecule has 1 N–H and O–H groups in total. The van der Waals surface area contributed by atoms with Gasteiger partial charge in [-0.2, -0.15) is 5.26 Å². The van der Waals surface area contributed by atoms with Crippen molar-refractivity contribution in [3.05, 3.63) is 47.1 Å². The first kappa shape index (κ1) is 19.3. The third-order valence-corrected chi connectivity index (χ3v) is 5.85. The summed E-state index contributed by atoms with van der Waals surface area (Å²) in [6, 6.07) is 12.1. The van der Waals surface area contributed by atoms with Crippen LogP contribution in [-0.4, -0.2) is 39.5 Å². The Balaban J connectivity index is 1.45. The van der Waals surface area contributed by atoms with Gasteiger partial charge >= 0.3 is 0 Å². The Labute approximate surface area is 173 Å². The summed E-state index contributed by atoms with van der Waals surface area (Å²) in [5.74, 6) is 0.419. The highest BCUT2D eigenvalue weighted by Gasteiger charge is 2.31. The van der Waals surface area contributed by atoms with Gasteiger partial charge in [-0.1, -0.05) is 18.2 Å². The van der Waals surface area contributed by atoms with Crippen molar-refractivity contribution in [2.45, 2.75) is 39.0 Å². The van der Waals surface area contributed by atoms with Gasteiger partial charge in [0.15, 0.2) is 16.6 Å². The number of benzene rings is 1. The molecule has 0 saturated carbocycles. The summed E-state index contributed by atoms with van der Waals surface area (Å²) in [5.41, 5.74) is 1.11. The lowest BCUT2D eigenvalue weighted by atomic mass is 10.2. The van der Waals surface area contributed by atoms with Gasteiger partial charge < -0.3 is 10.1 Å². The number of ether oxygens (including phenoxy) is 1. The predicted molar refractivity (Wildman–Crippen MR) is 112 cm³/mol. The molecule has 3 heterocycles. The molecule has 29 heavy (non-hydrogen) atoms. The zero-order chi connectivity index (χ0) is 20.4. The largest absolute Gasteiger partial charge is 0.486 e. The number of fused-ring (bicyclic) bond motifs is 1. The number of carbonyl (C=O) groups is 1. The Bertz CT molecular complexity index is 1090.